The van der Waals surface area contributed by atoms with Crippen molar-refractivity contribution in [3.63, 3.8) is 0 Å². The fourth-order valence-corrected chi connectivity index (χ4v) is 2.91. The smallest absolute Gasteiger partial charge is 0.123 e. The summed E-state index contributed by atoms with van der Waals surface area (Å²) < 4.78 is 0. The van der Waals surface area contributed by atoms with Crippen LogP contribution in [-0.4, -0.2) is 16.3 Å². The molecular formula is C15H23NO2. The summed E-state index contributed by atoms with van der Waals surface area (Å²) in [7, 11) is 0. The van der Waals surface area contributed by atoms with Gasteiger partial charge in [0, 0.05) is 24.2 Å². The molecule has 1 fully saturated rings. The average Bonchev–Trinajstić information content (AvgIpc) is 2.30. The average molecular weight is 249 g/mol. The lowest BCUT2D eigenvalue weighted by Gasteiger charge is -2.33. The summed E-state index contributed by atoms with van der Waals surface area (Å²) in [4.78, 5) is 0. The molecule has 1 aliphatic rings. The van der Waals surface area contributed by atoms with Crippen LogP contribution in [-0.2, 0) is 6.54 Å². The van der Waals surface area contributed by atoms with Crippen molar-refractivity contribution >= 4 is 0 Å². The number of rotatable bonds is 3. The van der Waals surface area contributed by atoms with Gasteiger partial charge in [-0.15, -0.1) is 0 Å². The maximum atomic E-state index is 9.73. The number of phenols is 2. The molecule has 100 valence electrons. The minimum atomic E-state index is 0.108. The van der Waals surface area contributed by atoms with Gasteiger partial charge >= 0.3 is 0 Å². The van der Waals surface area contributed by atoms with Crippen molar-refractivity contribution < 1.29 is 10.2 Å². The highest BCUT2D eigenvalue weighted by atomic mass is 16.3. The lowest BCUT2D eigenvalue weighted by atomic mass is 9.80. The highest BCUT2D eigenvalue weighted by molar-refractivity contribution is 5.38. The molecule has 0 aliphatic heterocycles. The van der Waals surface area contributed by atoms with Gasteiger partial charge in [-0.3, -0.25) is 0 Å². The molecule has 1 saturated carbocycles. The Morgan fingerprint density at radius 1 is 1.22 bits per heavy atom. The Hall–Kier alpha value is -1.22. The molecule has 3 unspecified atom stereocenters. The molecule has 3 N–H and O–H groups in total. The predicted octanol–water partition coefficient (Wildman–Crippen LogP) is 3.01. The van der Waals surface area contributed by atoms with Crippen LogP contribution in [0.4, 0.5) is 0 Å². The molecule has 0 bridgehead atoms. The van der Waals surface area contributed by atoms with E-state index in [1.807, 2.05) is 0 Å². The van der Waals surface area contributed by atoms with Crippen LogP contribution in [0.15, 0.2) is 18.2 Å². The SMILES string of the molecule is CC1CCC(NCc2ccc(O)cc2O)C(C)C1. The van der Waals surface area contributed by atoms with E-state index in [-0.39, 0.29) is 11.5 Å². The molecule has 3 heteroatoms. The van der Waals surface area contributed by atoms with Gasteiger partial charge in [0.2, 0.25) is 0 Å². The Bertz CT molecular complexity index is 405. The van der Waals surface area contributed by atoms with E-state index in [0.29, 0.717) is 18.5 Å². The van der Waals surface area contributed by atoms with Gasteiger partial charge in [0.05, 0.1) is 0 Å². The maximum absolute atomic E-state index is 9.73. The van der Waals surface area contributed by atoms with Crippen LogP contribution in [0.25, 0.3) is 0 Å². The lowest BCUT2D eigenvalue weighted by Crippen LogP contribution is -2.38. The van der Waals surface area contributed by atoms with E-state index in [2.05, 4.69) is 19.2 Å². The molecule has 2 rings (SSSR count). The van der Waals surface area contributed by atoms with E-state index >= 15 is 0 Å². The maximum Gasteiger partial charge on any atom is 0.123 e. The van der Waals surface area contributed by atoms with Crippen LogP contribution in [0.5, 0.6) is 11.5 Å². The summed E-state index contributed by atoms with van der Waals surface area (Å²) in [6.45, 7) is 5.28. The van der Waals surface area contributed by atoms with Crippen molar-refractivity contribution in [3.05, 3.63) is 23.8 Å². The largest absolute Gasteiger partial charge is 0.508 e. The van der Waals surface area contributed by atoms with E-state index < -0.39 is 0 Å². The summed E-state index contributed by atoms with van der Waals surface area (Å²) in [6, 6.07) is 5.31. The van der Waals surface area contributed by atoms with E-state index in [9.17, 15) is 10.2 Å². The van der Waals surface area contributed by atoms with Gasteiger partial charge in [0.15, 0.2) is 0 Å². The minimum absolute atomic E-state index is 0.108. The summed E-state index contributed by atoms with van der Waals surface area (Å²) >= 11 is 0. The van der Waals surface area contributed by atoms with Gasteiger partial charge in [-0.2, -0.15) is 0 Å². The molecule has 0 spiro atoms. The molecule has 0 radical (unpaired) electrons. The third-order valence-corrected chi connectivity index (χ3v) is 4.06. The zero-order valence-corrected chi connectivity index (χ0v) is 11.2. The molecule has 1 aromatic carbocycles. The van der Waals surface area contributed by atoms with Crippen molar-refractivity contribution in [2.45, 2.75) is 45.7 Å². The first-order chi connectivity index (χ1) is 8.56. The molecule has 3 nitrogen and oxygen atoms in total. The molecule has 18 heavy (non-hydrogen) atoms. The van der Waals surface area contributed by atoms with Gasteiger partial charge in [-0.05, 0) is 37.2 Å². The van der Waals surface area contributed by atoms with Crippen molar-refractivity contribution in [2.24, 2.45) is 11.8 Å². The Morgan fingerprint density at radius 2 is 2.00 bits per heavy atom. The van der Waals surface area contributed by atoms with Crippen LogP contribution in [0.1, 0.15) is 38.7 Å². The number of aromatic hydroxyl groups is 2. The second-order valence-electron chi connectivity index (χ2n) is 5.70. The van der Waals surface area contributed by atoms with Crippen LogP contribution in [0.2, 0.25) is 0 Å². The number of hydrogen-bond acceptors (Lipinski definition) is 3. The summed E-state index contributed by atoms with van der Waals surface area (Å²) in [5.74, 6) is 1.79. The molecule has 0 aromatic heterocycles. The number of hydrogen-bond donors (Lipinski definition) is 3. The topological polar surface area (TPSA) is 52.5 Å². The van der Waals surface area contributed by atoms with E-state index in [1.54, 1.807) is 12.1 Å². The van der Waals surface area contributed by atoms with Crippen LogP contribution in [0.3, 0.4) is 0 Å². The third-order valence-electron chi connectivity index (χ3n) is 4.06. The van der Waals surface area contributed by atoms with E-state index in [0.717, 1.165) is 11.5 Å². The van der Waals surface area contributed by atoms with Gasteiger partial charge < -0.3 is 15.5 Å². The molecule has 0 saturated heterocycles. The Kier molecular flexibility index (Phi) is 4.12. The Balaban J connectivity index is 1.91. The van der Waals surface area contributed by atoms with Crippen molar-refractivity contribution in [2.75, 3.05) is 0 Å². The zero-order valence-electron chi connectivity index (χ0n) is 11.2. The predicted molar refractivity (Wildman–Crippen MR) is 72.6 cm³/mol. The quantitative estimate of drug-likeness (QED) is 0.772. The number of nitrogens with one attached hydrogen (secondary N) is 1. The highest BCUT2D eigenvalue weighted by Crippen LogP contribution is 2.29. The van der Waals surface area contributed by atoms with E-state index in [4.69, 9.17) is 0 Å². The summed E-state index contributed by atoms with van der Waals surface area (Å²) in [5.41, 5.74) is 0.846. The van der Waals surface area contributed by atoms with Crippen molar-refractivity contribution in [3.8, 4) is 11.5 Å². The first-order valence-electron chi connectivity index (χ1n) is 6.80. The summed E-state index contributed by atoms with van der Waals surface area (Å²) in [5, 5.41) is 22.5. The fourth-order valence-electron chi connectivity index (χ4n) is 2.91. The number of phenolic OH excluding ortho intramolecular Hbond substituents is 2. The molecular weight excluding hydrogens is 226 g/mol. The zero-order chi connectivity index (χ0) is 13.1. The Labute approximate surface area is 109 Å². The molecule has 1 aliphatic carbocycles. The van der Waals surface area contributed by atoms with Gasteiger partial charge in [0.1, 0.15) is 11.5 Å². The van der Waals surface area contributed by atoms with E-state index in [1.165, 1.54) is 25.3 Å². The highest BCUT2D eigenvalue weighted by Gasteiger charge is 2.24. The number of benzene rings is 1. The van der Waals surface area contributed by atoms with Crippen LogP contribution < -0.4 is 5.32 Å². The second kappa shape index (κ2) is 5.61. The summed E-state index contributed by atoms with van der Waals surface area (Å²) in [6.07, 6.45) is 3.77. The van der Waals surface area contributed by atoms with Gasteiger partial charge in [-0.25, -0.2) is 0 Å². The molecule has 3 atom stereocenters. The fraction of sp³-hybridized carbons (Fsp3) is 0.600. The monoisotopic (exact) mass is 249 g/mol. The van der Waals surface area contributed by atoms with Crippen LogP contribution in [0, 0.1) is 11.8 Å². The van der Waals surface area contributed by atoms with Crippen LogP contribution >= 0.6 is 0 Å². The standard InChI is InChI=1S/C15H23NO2/c1-10-3-6-14(11(2)7-10)16-9-12-4-5-13(17)8-15(12)18/h4-5,8,10-11,14,16-18H,3,6-7,9H2,1-2H3. The van der Waals surface area contributed by atoms with Crippen molar-refractivity contribution in [1.29, 1.82) is 0 Å². The molecule has 1 aromatic rings. The molecule has 0 heterocycles. The van der Waals surface area contributed by atoms with Crippen molar-refractivity contribution in [1.82, 2.24) is 5.32 Å². The minimum Gasteiger partial charge on any atom is -0.508 e. The first kappa shape index (κ1) is 13.2. The lowest BCUT2D eigenvalue weighted by molar-refractivity contribution is 0.226. The Morgan fingerprint density at radius 3 is 2.67 bits per heavy atom. The second-order valence-corrected chi connectivity index (χ2v) is 5.70. The normalized spacial score (nSPS) is 28.2. The van der Waals surface area contributed by atoms with Gasteiger partial charge in [0.25, 0.3) is 0 Å². The first-order valence-corrected chi connectivity index (χ1v) is 6.80. The molecule has 0 amide bonds. The third kappa shape index (κ3) is 3.16. The van der Waals surface area contributed by atoms with Gasteiger partial charge in [-0.1, -0.05) is 19.9 Å².